The smallest absolute Gasteiger partial charge is 0.137 e. The van der Waals surface area contributed by atoms with Crippen molar-refractivity contribution in [1.29, 1.82) is 0 Å². The predicted octanol–water partition coefficient (Wildman–Crippen LogP) is 3.97. The summed E-state index contributed by atoms with van der Waals surface area (Å²) >= 11 is 3.32. The third-order valence-corrected chi connectivity index (χ3v) is 4.72. The van der Waals surface area contributed by atoms with Gasteiger partial charge in [-0.1, -0.05) is 26.3 Å². The first-order chi connectivity index (χ1) is 9.63. The highest BCUT2D eigenvalue weighted by molar-refractivity contribution is 9.10. The summed E-state index contributed by atoms with van der Waals surface area (Å²) in [7, 11) is 0. The quantitative estimate of drug-likeness (QED) is 0.870. The lowest BCUT2D eigenvalue weighted by atomic mass is 9.89. The van der Waals surface area contributed by atoms with Gasteiger partial charge in [0.2, 0.25) is 0 Å². The maximum atomic E-state index is 13.5. The molecule has 1 aromatic carbocycles. The number of halogens is 2. The summed E-state index contributed by atoms with van der Waals surface area (Å²) in [6, 6.07) is 5.86. The zero-order valence-corrected chi connectivity index (χ0v) is 13.9. The van der Waals surface area contributed by atoms with Crippen LogP contribution in [0.5, 0.6) is 0 Å². The van der Waals surface area contributed by atoms with Crippen molar-refractivity contribution in [2.24, 2.45) is 5.92 Å². The number of nitrogens with one attached hydrogen (secondary N) is 1. The van der Waals surface area contributed by atoms with Gasteiger partial charge in [0.1, 0.15) is 5.82 Å². The second kappa shape index (κ2) is 7.53. The number of hydrogen-bond donors (Lipinski definition) is 1. The van der Waals surface area contributed by atoms with E-state index < -0.39 is 0 Å². The minimum absolute atomic E-state index is 0.184. The lowest BCUT2D eigenvalue weighted by molar-refractivity contribution is 0.126. The number of benzene rings is 1. The highest BCUT2D eigenvalue weighted by atomic mass is 79.9. The van der Waals surface area contributed by atoms with Crippen LogP contribution in [0, 0.1) is 11.7 Å². The minimum Gasteiger partial charge on any atom is -0.314 e. The molecule has 1 N–H and O–H groups in total. The highest BCUT2D eigenvalue weighted by Gasteiger charge is 2.27. The summed E-state index contributed by atoms with van der Waals surface area (Å²) in [6.45, 7) is 8.75. The van der Waals surface area contributed by atoms with Crippen molar-refractivity contribution < 1.29 is 4.39 Å². The molecular formula is C16H24BrFN2. The summed E-state index contributed by atoms with van der Waals surface area (Å²) in [5, 5.41) is 3.40. The zero-order valence-electron chi connectivity index (χ0n) is 12.3. The second-order valence-corrected chi connectivity index (χ2v) is 6.52. The average Bonchev–Trinajstić information content (AvgIpc) is 2.44. The lowest BCUT2D eigenvalue weighted by Gasteiger charge is -2.38. The zero-order chi connectivity index (χ0) is 14.5. The van der Waals surface area contributed by atoms with Crippen molar-refractivity contribution in [2.75, 3.05) is 26.2 Å². The summed E-state index contributed by atoms with van der Waals surface area (Å²) < 4.78 is 14.1. The molecule has 20 heavy (non-hydrogen) atoms. The lowest BCUT2D eigenvalue weighted by Crippen LogP contribution is -2.46. The maximum Gasteiger partial charge on any atom is 0.137 e. The van der Waals surface area contributed by atoms with E-state index in [4.69, 9.17) is 0 Å². The van der Waals surface area contributed by atoms with Gasteiger partial charge < -0.3 is 5.32 Å². The summed E-state index contributed by atoms with van der Waals surface area (Å²) in [4.78, 5) is 2.54. The van der Waals surface area contributed by atoms with Gasteiger partial charge in [0, 0.05) is 32.2 Å². The van der Waals surface area contributed by atoms with Crippen molar-refractivity contribution in [3.05, 3.63) is 34.1 Å². The molecule has 1 saturated heterocycles. The van der Waals surface area contributed by atoms with Crippen molar-refractivity contribution in [1.82, 2.24) is 10.2 Å². The first-order valence-corrected chi connectivity index (χ1v) is 8.32. The molecule has 2 rings (SSSR count). The van der Waals surface area contributed by atoms with Gasteiger partial charge >= 0.3 is 0 Å². The molecule has 4 heteroatoms. The largest absolute Gasteiger partial charge is 0.314 e. The van der Waals surface area contributed by atoms with Crippen molar-refractivity contribution in [2.45, 2.75) is 32.7 Å². The molecule has 2 atom stereocenters. The van der Waals surface area contributed by atoms with Crippen molar-refractivity contribution in [3.8, 4) is 0 Å². The van der Waals surface area contributed by atoms with Crippen LogP contribution in [-0.4, -0.2) is 31.1 Å². The van der Waals surface area contributed by atoms with E-state index in [-0.39, 0.29) is 5.82 Å². The molecule has 0 bridgehead atoms. The molecule has 2 nitrogen and oxygen atoms in total. The van der Waals surface area contributed by atoms with Crippen molar-refractivity contribution in [3.63, 3.8) is 0 Å². The standard InChI is InChI=1S/C16H24BrFN2/c1-3-4-12(2)16(20-9-7-19-8-10-20)13-5-6-15(18)14(17)11-13/h5-6,11-12,16,19H,3-4,7-10H2,1-2H3/t12?,16-/m0/s1. The highest BCUT2D eigenvalue weighted by Crippen LogP contribution is 2.33. The van der Waals surface area contributed by atoms with E-state index in [1.807, 2.05) is 12.1 Å². The normalized spacial score (nSPS) is 19.8. The Kier molecular flexibility index (Phi) is 6.00. The molecule has 1 aliphatic heterocycles. The Hall–Kier alpha value is -0.450. The molecule has 1 aromatic rings. The first kappa shape index (κ1) is 15.9. The van der Waals surface area contributed by atoms with E-state index in [0.29, 0.717) is 16.4 Å². The van der Waals surface area contributed by atoms with Crippen LogP contribution in [-0.2, 0) is 0 Å². The van der Waals surface area contributed by atoms with Gasteiger partial charge in [0.25, 0.3) is 0 Å². The molecule has 0 saturated carbocycles. The van der Waals surface area contributed by atoms with Crippen LogP contribution in [0.3, 0.4) is 0 Å². The molecule has 112 valence electrons. The van der Waals surface area contributed by atoms with Crippen LogP contribution in [0.1, 0.15) is 38.3 Å². The topological polar surface area (TPSA) is 15.3 Å². The Labute approximate surface area is 129 Å². The number of nitrogens with zero attached hydrogens (tertiary/aromatic N) is 1. The fraction of sp³-hybridized carbons (Fsp3) is 0.625. The van der Waals surface area contributed by atoms with Gasteiger partial charge in [-0.25, -0.2) is 4.39 Å². The van der Waals surface area contributed by atoms with Crippen LogP contribution < -0.4 is 5.32 Å². The molecule has 1 aliphatic rings. The number of rotatable bonds is 5. The van der Waals surface area contributed by atoms with Gasteiger partial charge in [-0.05, 0) is 46.0 Å². The van der Waals surface area contributed by atoms with Gasteiger partial charge in [-0.3, -0.25) is 4.90 Å². The summed E-state index contributed by atoms with van der Waals surface area (Å²) in [5.74, 6) is 0.395. The molecule has 1 heterocycles. The van der Waals surface area contributed by atoms with Gasteiger partial charge in [-0.2, -0.15) is 0 Å². The molecule has 0 aromatic heterocycles. The molecular weight excluding hydrogens is 319 g/mol. The molecule has 0 spiro atoms. The SMILES string of the molecule is CCCC(C)[C@@H](c1ccc(F)c(Br)c1)N1CCNCC1. The number of piperazine rings is 1. The van der Waals surface area contributed by atoms with E-state index in [9.17, 15) is 4.39 Å². The third kappa shape index (κ3) is 3.80. The molecule has 1 fully saturated rings. The van der Waals surface area contributed by atoms with Crippen LogP contribution in [0.15, 0.2) is 22.7 Å². The van der Waals surface area contributed by atoms with E-state index in [1.54, 1.807) is 6.07 Å². The summed E-state index contributed by atoms with van der Waals surface area (Å²) in [6.07, 6.45) is 2.38. The van der Waals surface area contributed by atoms with Gasteiger partial charge in [-0.15, -0.1) is 0 Å². The molecule has 0 aliphatic carbocycles. The number of hydrogen-bond acceptors (Lipinski definition) is 2. The first-order valence-electron chi connectivity index (χ1n) is 7.53. The Balaban J connectivity index is 2.26. The molecule has 1 unspecified atom stereocenters. The van der Waals surface area contributed by atoms with Crippen LogP contribution in [0.4, 0.5) is 4.39 Å². The Morgan fingerprint density at radius 1 is 1.35 bits per heavy atom. The average molecular weight is 343 g/mol. The molecule has 0 amide bonds. The van der Waals surface area contributed by atoms with Crippen LogP contribution >= 0.6 is 15.9 Å². The third-order valence-electron chi connectivity index (χ3n) is 4.11. The minimum atomic E-state index is -0.184. The van der Waals surface area contributed by atoms with E-state index in [2.05, 4.69) is 40.0 Å². The Bertz CT molecular complexity index is 432. The molecule has 0 radical (unpaired) electrons. The predicted molar refractivity (Wildman–Crippen MR) is 85.4 cm³/mol. The van der Waals surface area contributed by atoms with Gasteiger partial charge in [0.05, 0.1) is 4.47 Å². The van der Waals surface area contributed by atoms with E-state index in [0.717, 1.165) is 26.2 Å². The van der Waals surface area contributed by atoms with Crippen LogP contribution in [0.2, 0.25) is 0 Å². The monoisotopic (exact) mass is 342 g/mol. The summed E-state index contributed by atoms with van der Waals surface area (Å²) in [5.41, 5.74) is 1.22. The Morgan fingerprint density at radius 3 is 2.65 bits per heavy atom. The Morgan fingerprint density at radius 2 is 2.05 bits per heavy atom. The fourth-order valence-electron chi connectivity index (χ4n) is 3.17. The maximum absolute atomic E-state index is 13.5. The van der Waals surface area contributed by atoms with Crippen molar-refractivity contribution >= 4 is 15.9 Å². The van der Waals surface area contributed by atoms with E-state index in [1.165, 1.54) is 18.4 Å². The second-order valence-electron chi connectivity index (χ2n) is 5.67. The fourth-order valence-corrected chi connectivity index (χ4v) is 3.57. The van der Waals surface area contributed by atoms with Crippen LogP contribution in [0.25, 0.3) is 0 Å². The van der Waals surface area contributed by atoms with E-state index >= 15 is 0 Å². The van der Waals surface area contributed by atoms with Gasteiger partial charge in [0.15, 0.2) is 0 Å².